The number of fused-ring (bicyclic) bond motifs is 2. The lowest BCUT2D eigenvalue weighted by atomic mass is 10.2. The lowest BCUT2D eigenvalue weighted by molar-refractivity contribution is 0.348. The average molecular weight is 505 g/mol. The van der Waals surface area contributed by atoms with Crippen molar-refractivity contribution in [2.24, 2.45) is 0 Å². The maximum Gasteiger partial charge on any atom is 0.295 e. The van der Waals surface area contributed by atoms with E-state index < -0.39 is 20.0 Å². The molecule has 0 aliphatic carbocycles. The van der Waals surface area contributed by atoms with E-state index >= 15 is 0 Å². The van der Waals surface area contributed by atoms with Gasteiger partial charge >= 0.3 is 0 Å². The van der Waals surface area contributed by atoms with Gasteiger partial charge in [0, 0.05) is 22.9 Å². The van der Waals surface area contributed by atoms with Gasteiger partial charge in [0.2, 0.25) is 5.09 Å². The van der Waals surface area contributed by atoms with Gasteiger partial charge in [0.05, 0.1) is 18.0 Å². The molecule has 0 radical (unpaired) electrons. The Bertz CT molecular complexity index is 1560. The van der Waals surface area contributed by atoms with Gasteiger partial charge in [-0.3, -0.25) is 9.44 Å². The third kappa shape index (κ3) is 4.12. The minimum absolute atomic E-state index is 0.00492. The molecule has 1 aliphatic rings. The summed E-state index contributed by atoms with van der Waals surface area (Å²) in [6, 6.07) is 17.2. The van der Waals surface area contributed by atoms with Gasteiger partial charge in [-0.1, -0.05) is 41.9 Å². The Labute approximate surface area is 195 Å². The third-order valence-corrected chi connectivity index (χ3v) is 7.95. The minimum Gasteiger partial charge on any atom is -0.492 e. The van der Waals surface area contributed by atoms with Gasteiger partial charge in [-0.2, -0.15) is 8.42 Å². The first kappa shape index (κ1) is 21.6. The summed E-state index contributed by atoms with van der Waals surface area (Å²) in [6.07, 6.45) is 0.613. The number of anilines is 2. The molecule has 0 saturated carbocycles. The zero-order valence-corrected chi connectivity index (χ0v) is 19.3. The Balaban J connectivity index is 1.50. The number of hydrogen-bond acceptors (Lipinski definition) is 6. The van der Waals surface area contributed by atoms with Crippen LogP contribution in [0, 0.1) is 0 Å². The highest BCUT2D eigenvalue weighted by molar-refractivity contribution is 7.93. The molecule has 0 amide bonds. The molecule has 5 rings (SSSR count). The summed E-state index contributed by atoms with van der Waals surface area (Å²) >= 11 is 6.07. The predicted octanol–water partition coefficient (Wildman–Crippen LogP) is 4.62. The maximum atomic E-state index is 13.1. The molecule has 0 bridgehead atoms. The van der Waals surface area contributed by atoms with E-state index in [-0.39, 0.29) is 26.4 Å². The van der Waals surface area contributed by atoms with Crippen LogP contribution in [0.4, 0.5) is 11.4 Å². The summed E-state index contributed by atoms with van der Waals surface area (Å²) in [6.45, 7) is 0.394. The molecule has 0 atom stereocenters. The van der Waals surface area contributed by atoms with Gasteiger partial charge in [-0.05, 0) is 35.9 Å². The molecule has 1 aliphatic heterocycles. The fourth-order valence-corrected chi connectivity index (χ4v) is 6.05. The minimum atomic E-state index is -4.18. The Morgan fingerprint density at radius 2 is 1.61 bits per heavy atom. The third-order valence-electron chi connectivity index (χ3n) is 5.11. The summed E-state index contributed by atoms with van der Waals surface area (Å²) in [5, 5.41) is 0.513. The van der Waals surface area contributed by atoms with Gasteiger partial charge in [0.25, 0.3) is 20.0 Å². The Morgan fingerprint density at radius 1 is 0.818 bits per heavy atom. The highest BCUT2D eigenvalue weighted by Gasteiger charge is 2.27. The summed E-state index contributed by atoms with van der Waals surface area (Å²) < 4.78 is 68.0. The van der Waals surface area contributed by atoms with E-state index in [2.05, 4.69) is 9.44 Å². The molecule has 0 saturated heterocycles. The largest absolute Gasteiger partial charge is 0.492 e. The zero-order chi connectivity index (χ0) is 23.2. The van der Waals surface area contributed by atoms with Crippen molar-refractivity contribution in [2.75, 3.05) is 16.1 Å². The van der Waals surface area contributed by atoms with Crippen molar-refractivity contribution in [3.05, 3.63) is 77.3 Å². The normalized spacial score (nSPS) is 13.5. The van der Waals surface area contributed by atoms with Crippen LogP contribution in [0.2, 0.25) is 5.02 Å². The van der Waals surface area contributed by atoms with E-state index in [1.165, 1.54) is 30.3 Å². The van der Waals surface area contributed by atoms with Gasteiger partial charge < -0.3 is 9.15 Å². The molecule has 170 valence electrons. The molecule has 2 heterocycles. The summed E-state index contributed by atoms with van der Waals surface area (Å²) in [7, 11) is -8.27. The van der Waals surface area contributed by atoms with Crippen molar-refractivity contribution in [2.45, 2.75) is 16.4 Å². The molecule has 0 spiro atoms. The maximum absolute atomic E-state index is 13.1. The lowest BCUT2D eigenvalue weighted by Crippen LogP contribution is -2.18. The molecule has 0 fully saturated rings. The monoisotopic (exact) mass is 504 g/mol. The van der Waals surface area contributed by atoms with Crippen LogP contribution in [0.15, 0.2) is 81.1 Å². The fourth-order valence-electron chi connectivity index (χ4n) is 3.57. The number of ether oxygens (including phenoxy) is 1. The molecular weight excluding hydrogens is 488 g/mol. The van der Waals surface area contributed by atoms with Crippen molar-refractivity contribution in [3.63, 3.8) is 0 Å². The van der Waals surface area contributed by atoms with Crippen LogP contribution in [-0.2, 0) is 26.5 Å². The Hall–Kier alpha value is -3.21. The standard InChI is InChI=1S/C22H17ClN2O6S2/c23-16-8-9-17(24-32(26,27)20-7-3-5-14-10-11-30-22(14)20)18(13-16)25-33(28,29)21-12-15-4-1-2-6-19(15)31-21/h1-9,12-13,24-25H,10-11H2. The van der Waals surface area contributed by atoms with Crippen LogP contribution in [0.1, 0.15) is 5.56 Å². The van der Waals surface area contributed by atoms with E-state index in [0.29, 0.717) is 29.7 Å². The predicted molar refractivity (Wildman–Crippen MR) is 125 cm³/mol. The second-order valence-electron chi connectivity index (χ2n) is 7.35. The van der Waals surface area contributed by atoms with Crippen LogP contribution in [0.25, 0.3) is 11.0 Å². The number of rotatable bonds is 6. The number of benzene rings is 3. The van der Waals surface area contributed by atoms with Crippen molar-refractivity contribution in [1.82, 2.24) is 0 Å². The molecule has 8 nitrogen and oxygen atoms in total. The van der Waals surface area contributed by atoms with Crippen molar-refractivity contribution >= 4 is 54.0 Å². The van der Waals surface area contributed by atoms with Crippen LogP contribution in [0.3, 0.4) is 0 Å². The van der Waals surface area contributed by atoms with E-state index in [1.807, 2.05) is 0 Å². The first-order valence-electron chi connectivity index (χ1n) is 9.81. The Morgan fingerprint density at radius 3 is 2.42 bits per heavy atom. The second-order valence-corrected chi connectivity index (χ2v) is 11.0. The van der Waals surface area contributed by atoms with Crippen molar-refractivity contribution in [1.29, 1.82) is 0 Å². The smallest absolute Gasteiger partial charge is 0.295 e. The number of nitrogens with one attached hydrogen (secondary N) is 2. The average Bonchev–Trinajstić information content (AvgIpc) is 3.42. The summed E-state index contributed by atoms with van der Waals surface area (Å²) in [5.41, 5.74) is 1.14. The molecule has 2 N–H and O–H groups in total. The van der Waals surface area contributed by atoms with E-state index in [0.717, 1.165) is 5.56 Å². The lowest BCUT2D eigenvalue weighted by Gasteiger charge is -2.15. The SMILES string of the molecule is O=S(=O)(Nc1cc(Cl)ccc1NS(=O)(=O)c1cccc2c1OCC2)c1cc2ccccc2o1. The van der Waals surface area contributed by atoms with Crippen LogP contribution < -0.4 is 14.2 Å². The summed E-state index contributed by atoms with van der Waals surface area (Å²) in [5.74, 6) is 0.295. The topological polar surface area (TPSA) is 115 Å². The number of halogens is 1. The van der Waals surface area contributed by atoms with Crippen LogP contribution in [-0.4, -0.2) is 23.4 Å². The van der Waals surface area contributed by atoms with Crippen LogP contribution in [0.5, 0.6) is 5.75 Å². The van der Waals surface area contributed by atoms with E-state index in [1.54, 1.807) is 36.4 Å². The number of hydrogen-bond donors (Lipinski definition) is 2. The van der Waals surface area contributed by atoms with Crippen molar-refractivity contribution < 1.29 is 26.0 Å². The molecule has 33 heavy (non-hydrogen) atoms. The Kier molecular flexibility index (Phi) is 5.23. The van der Waals surface area contributed by atoms with Crippen molar-refractivity contribution in [3.8, 4) is 5.75 Å². The fraction of sp³-hybridized carbons (Fsp3) is 0.0909. The molecule has 4 aromatic rings. The zero-order valence-electron chi connectivity index (χ0n) is 16.9. The highest BCUT2D eigenvalue weighted by Crippen LogP contribution is 2.36. The number of para-hydroxylation sites is 2. The van der Waals surface area contributed by atoms with Gasteiger partial charge in [-0.15, -0.1) is 0 Å². The molecule has 3 aromatic carbocycles. The van der Waals surface area contributed by atoms with Gasteiger partial charge in [0.1, 0.15) is 16.2 Å². The highest BCUT2D eigenvalue weighted by atomic mass is 35.5. The molecule has 1 aromatic heterocycles. The van der Waals surface area contributed by atoms with Gasteiger partial charge in [0.15, 0.2) is 0 Å². The molecular formula is C22H17ClN2O6S2. The number of furan rings is 1. The van der Waals surface area contributed by atoms with E-state index in [9.17, 15) is 16.8 Å². The second kappa shape index (κ2) is 7.98. The first-order valence-corrected chi connectivity index (χ1v) is 13.2. The molecule has 0 unspecified atom stereocenters. The van der Waals surface area contributed by atoms with E-state index in [4.69, 9.17) is 20.8 Å². The first-order chi connectivity index (χ1) is 15.7. The summed E-state index contributed by atoms with van der Waals surface area (Å²) in [4.78, 5) is -0.0291. The number of sulfonamides is 2. The quantitative estimate of drug-likeness (QED) is 0.396. The molecule has 11 heteroatoms. The van der Waals surface area contributed by atoms with Crippen LogP contribution >= 0.6 is 11.6 Å². The van der Waals surface area contributed by atoms with Gasteiger partial charge in [-0.25, -0.2) is 8.42 Å².